The van der Waals surface area contributed by atoms with E-state index < -0.39 is 0 Å². The molecule has 0 saturated carbocycles. The molecule has 2 saturated heterocycles. The number of anilines is 1. The molecule has 0 bridgehead atoms. The molecule has 1 atom stereocenters. The molecule has 6 nitrogen and oxygen atoms in total. The van der Waals surface area contributed by atoms with E-state index in [-0.39, 0.29) is 5.91 Å². The number of hydrogen-bond donors (Lipinski definition) is 2. The highest BCUT2D eigenvalue weighted by Gasteiger charge is 2.22. The molecule has 0 aliphatic carbocycles. The molecule has 2 N–H and O–H groups in total. The Kier molecular flexibility index (Phi) is 7.10. The molecular weight excluding hydrogens is 338 g/mol. The Labute approximate surface area is 163 Å². The molecule has 2 aliphatic rings. The van der Waals surface area contributed by atoms with Gasteiger partial charge in [-0.15, -0.1) is 0 Å². The van der Waals surface area contributed by atoms with Crippen LogP contribution in [0.1, 0.15) is 44.6 Å². The molecule has 1 unspecified atom stereocenters. The van der Waals surface area contributed by atoms with Gasteiger partial charge in [0.2, 0.25) is 5.91 Å². The van der Waals surface area contributed by atoms with Crippen molar-refractivity contribution in [3.05, 3.63) is 29.8 Å². The first-order valence-corrected chi connectivity index (χ1v) is 10.3. The van der Waals surface area contributed by atoms with E-state index in [1.54, 1.807) is 0 Å². The van der Waals surface area contributed by atoms with Crippen molar-refractivity contribution in [1.29, 1.82) is 0 Å². The van der Waals surface area contributed by atoms with Crippen LogP contribution in [0.3, 0.4) is 0 Å². The second-order valence-electron chi connectivity index (χ2n) is 7.40. The van der Waals surface area contributed by atoms with Crippen molar-refractivity contribution in [2.24, 2.45) is 4.99 Å². The number of carbonyl (C=O) groups is 1. The zero-order chi connectivity index (χ0) is 19.1. The quantitative estimate of drug-likeness (QED) is 0.595. The fraction of sp³-hybridized carbons (Fsp3) is 0.619. The van der Waals surface area contributed by atoms with E-state index in [1.807, 2.05) is 24.1 Å². The van der Waals surface area contributed by atoms with E-state index in [4.69, 9.17) is 0 Å². The van der Waals surface area contributed by atoms with Crippen molar-refractivity contribution in [3.8, 4) is 0 Å². The number of carbonyl (C=O) groups excluding carboxylic acids is 1. The first-order chi connectivity index (χ1) is 13.2. The van der Waals surface area contributed by atoms with Gasteiger partial charge in [0.05, 0.1) is 0 Å². The Morgan fingerprint density at radius 3 is 2.63 bits per heavy atom. The molecule has 2 fully saturated rings. The molecule has 1 aromatic rings. The smallest absolute Gasteiger partial charge is 0.227 e. The van der Waals surface area contributed by atoms with E-state index in [9.17, 15) is 4.79 Å². The fourth-order valence-electron chi connectivity index (χ4n) is 4.04. The van der Waals surface area contributed by atoms with E-state index in [1.165, 1.54) is 31.4 Å². The number of likely N-dealkylation sites (tertiary alicyclic amines) is 1. The molecule has 0 spiro atoms. The highest BCUT2D eigenvalue weighted by atomic mass is 16.2. The van der Waals surface area contributed by atoms with Crippen LogP contribution in [0.25, 0.3) is 0 Å². The molecule has 148 valence electrons. The third-order valence-electron chi connectivity index (χ3n) is 5.67. The predicted molar refractivity (Wildman–Crippen MR) is 111 cm³/mol. The first kappa shape index (κ1) is 19.7. The average molecular weight is 372 g/mol. The topological polar surface area (TPSA) is 60.0 Å². The fourth-order valence-corrected chi connectivity index (χ4v) is 4.04. The van der Waals surface area contributed by atoms with Gasteiger partial charge in [0.1, 0.15) is 0 Å². The summed E-state index contributed by atoms with van der Waals surface area (Å²) in [6.07, 6.45) is 5.52. The Hall–Kier alpha value is -2.08. The summed E-state index contributed by atoms with van der Waals surface area (Å²) in [5, 5.41) is 6.88. The van der Waals surface area contributed by atoms with Crippen LogP contribution < -0.4 is 15.5 Å². The average Bonchev–Trinajstić information content (AvgIpc) is 3.14. The second kappa shape index (κ2) is 9.74. The summed E-state index contributed by atoms with van der Waals surface area (Å²) in [7, 11) is 1.82. The Morgan fingerprint density at radius 1 is 1.15 bits per heavy atom. The van der Waals surface area contributed by atoms with Crippen molar-refractivity contribution in [2.45, 2.75) is 51.6 Å². The van der Waals surface area contributed by atoms with Crippen LogP contribution in [0.2, 0.25) is 0 Å². The van der Waals surface area contributed by atoms with Crippen LogP contribution in [0.5, 0.6) is 0 Å². The van der Waals surface area contributed by atoms with Gasteiger partial charge >= 0.3 is 0 Å². The minimum atomic E-state index is 0.231. The monoisotopic (exact) mass is 371 g/mol. The van der Waals surface area contributed by atoms with E-state index in [2.05, 4.69) is 39.6 Å². The molecule has 1 amide bonds. The third kappa shape index (κ3) is 5.22. The van der Waals surface area contributed by atoms with Crippen LogP contribution in [0.15, 0.2) is 29.3 Å². The van der Waals surface area contributed by atoms with Gasteiger partial charge in [0, 0.05) is 44.8 Å². The third-order valence-corrected chi connectivity index (χ3v) is 5.67. The molecule has 2 aliphatic heterocycles. The highest BCUT2D eigenvalue weighted by molar-refractivity contribution is 5.95. The normalized spacial score (nSPS) is 21.6. The van der Waals surface area contributed by atoms with Gasteiger partial charge in [-0.25, -0.2) is 0 Å². The minimum absolute atomic E-state index is 0.231. The lowest BCUT2D eigenvalue weighted by molar-refractivity contribution is -0.117. The van der Waals surface area contributed by atoms with Crippen LogP contribution >= 0.6 is 0 Å². The van der Waals surface area contributed by atoms with Crippen molar-refractivity contribution < 1.29 is 4.79 Å². The lowest BCUT2D eigenvalue weighted by atomic mass is 10.0. The zero-order valence-electron chi connectivity index (χ0n) is 16.7. The van der Waals surface area contributed by atoms with Gasteiger partial charge in [-0.2, -0.15) is 0 Å². The number of piperidine rings is 1. The standard InChI is InChI=1S/C21H33N5O/c1-3-25-13-5-4-7-19(25)16-24-21(22-2)23-15-17-9-11-18(12-10-17)26-14-6-8-20(26)27/h9-12,19H,3-8,13-16H2,1-2H3,(H2,22,23,24). The van der Waals surface area contributed by atoms with Crippen LogP contribution in [0.4, 0.5) is 5.69 Å². The number of likely N-dealkylation sites (N-methyl/N-ethyl adjacent to an activating group) is 1. The van der Waals surface area contributed by atoms with Crippen LogP contribution in [-0.2, 0) is 11.3 Å². The molecule has 1 aromatic carbocycles. The van der Waals surface area contributed by atoms with Crippen LogP contribution in [-0.4, -0.2) is 56.0 Å². The number of benzene rings is 1. The van der Waals surface area contributed by atoms with E-state index >= 15 is 0 Å². The maximum Gasteiger partial charge on any atom is 0.227 e. The maximum atomic E-state index is 11.8. The number of hydrogen-bond acceptors (Lipinski definition) is 3. The number of guanidine groups is 1. The SMILES string of the molecule is CCN1CCCCC1CNC(=NC)NCc1ccc(N2CCCC2=O)cc1. The van der Waals surface area contributed by atoms with Crippen molar-refractivity contribution >= 4 is 17.6 Å². The van der Waals surface area contributed by atoms with Gasteiger partial charge in [0.25, 0.3) is 0 Å². The Morgan fingerprint density at radius 2 is 1.96 bits per heavy atom. The predicted octanol–water partition coefficient (Wildman–Crippen LogP) is 2.35. The number of nitrogens with zero attached hydrogens (tertiary/aromatic N) is 3. The lowest BCUT2D eigenvalue weighted by Crippen LogP contribution is -2.48. The maximum absolute atomic E-state index is 11.8. The number of nitrogens with one attached hydrogen (secondary N) is 2. The molecule has 2 heterocycles. The second-order valence-corrected chi connectivity index (χ2v) is 7.40. The van der Waals surface area contributed by atoms with Crippen molar-refractivity contribution in [3.63, 3.8) is 0 Å². The van der Waals surface area contributed by atoms with Gasteiger partial charge in [-0.05, 0) is 50.0 Å². The van der Waals surface area contributed by atoms with Gasteiger partial charge in [-0.1, -0.05) is 25.5 Å². The summed E-state index contributed by atoms with van der Waals surface area (Å²) in [4.78, 5) is 20.6. The van der Waals surface area contributed by atoms with Gasteiger partial charge in [0.15, 0.2) is 5.96 Å². The largest absolute Gasteiger partial charge is 0.355 e. The minimum Gasteiger partial charge on any atom is -0.355 e. The summed E-state index contributed by atoms with van der Waals surface area (Å²) in [5.74, 6) is 1.07. The Balaban J connectivity index is 1.47. The molecular formula is C21H33N5O. The highest BCUT2D eigenvalue weighted by Crippen LogP contribution is 2.21. The van der Waals surface area contributed by atoms with Crippen molar-refractivity contribution in [2.75, 3.05) is 38.1 Å². The summed E-state index contributed by atoms with van der Waals surface area (Å²) >= 11 is 0. The van der Waals surface area contributed by atoms with Crippen molar-refractivity contribution in [1.82, 2.24) is 15.5 Å². The van der Waals surface area contributed by atoms with Gasteiger partial charge in [-0.3, -0.25) is 14.7 Å². The molecule has 0 aromatic heterocycles. The summed E-state index contributed by atoms with van der Waals surface area (Å²) < 4.78 is 0. The molecule has 0 radical (unpaired) electrons. The zero-order valence-corrected chi connectivity index (χ0v) is 16.7. The van der Waals surface area contributed by atoms with Crippen LogP contribution in [0, 0.1) is 0 Å². The number of rotatable bonds is 6. The van der Waals surface area contributed by atoms with E-state index in [0.717, 1.165) is 44.2 Å². The van der Waals surface area contributed by atoms with E-state index in [0.29, 0.717) is 12.5 Å². The first-order valence-electron chi connectivity index (χ1n) is 10.3. The molecule has 3 rings (SSSR count). The number of aliphatic imine (C=N–C) groups is 1. The lowest BCUT2D eigenvalue weighted by Gasteiger charge is -2.35. The molecule has 27 heavy (non-hydrogen) atoms. The van der Waals surface area contributed by atoms with Gasteiger partial charge < -0.3 is 15.5 Å². The summed E-state index contributed by atoms with van der Waals surface area (Å²) in [5.41, 5.74) is 2.18. The summed E-state index contributed by atoms with van der Waals surface area (Å²) in [6, 6.07) is 8.84. The number of amides is 1. The molecule has 6 heteroatoms. The summed E-state index contributed by atoms with van der Waals surface area (Å²) in [6.45, 7) is 7.05. The Bertz CT molecular complexity index is 642.